The molecule has 0 spiro atoms. The summed E-state index contributed by atoms with van der Waals surface area (Å²) in [6.07, 6.45) is 5.34. The van der Waals surface area contributed by atoms with Gasteiger partial charge in [-0.1, -0.05) is 12.1 Å². The average molecular weight is 595 g/mol. The van der Waals surface area contributed by atoms with Crippen molar-refractivity contribution in [2.24, 2.45) is 0 Å². The quantitative estimate of drug-likeness (QED) is 0.278. The van der Waals surface area contributed by atoms with Gasteiger partial charge in [0, 0.05) is 25.9 Å². The predicted molar refractivity (Wildman–Crippen MR) is 161 cm³/mol. The molecule has 0 bridgehead atoms. The van der Waals surface area contributed by atoms with E-state index in [4.69, 9.17) is 9.97 Å². The van der Waals surface area contributed by atoms with Crippen LogP contribution in [0.25, 0.3) is 33.2 Å². The Balaban J connectivity index is 1.03. The van der Waals surface area contributed by atoms with E-state index in [1.807, 2.05) is 28.0 Å². The van der Waals surface area contributed by atoms with Gasteiger partial charge in [0.1, 0.15) is 23.7 Å². The van der Waals surface area contributed by atoms with Gasteiger partial charge < -0.3 is 30.4 Å². The third kappa shape index (κ3) is 4.59. The minimum absolute atomic E-state index is 0.0258. The molecule has 4 aliphatic heterocycles. The second-order valence-corrected chi connectivity index (χ2v) is 12.4. The lowest BCUT2D eigenvalue weighted by molar-refractivity contribution is -0.135. The normalized spacial score (nSPS) is 25.4. The fourth-order valence-electron chi connectivity index (χ4n) is 7.36. The number of fused-ring (bicyclic) bond motifs is 2. The smallest absolute Gasteiger partial charge is 0.245 e. The van der Waals surface area contributed by atoms with Gasteiger partial charge in [-0.05, 0) is 73.9 Å². The lowest BCUT2D eigenvalue weighted by Crippen LogP contribution is -2.44. The first kappa shape index (κ1) is 26.9. The van der Waals surface area contributed by atoms with Gasteiger partial charge >= 0.3 is 0 Å². The van der Waals surface area contributed by atoms with Gasteiger partial charge in [-0.3, -0.25) is 19.2 Å². The summed E-state index contributed by atoms with van der Waals surface area (Å²) in [7, 11) is 0. The van der Waals surface area contributed by atoms with Gasteiger partial charge in [0.25, 0.3) is 0 Å². The summed E-state index contributed by atoms with van der Waals surface area (Å²) in [6, 6.07) is 11.1. The number of imidazole rings is 2. The number of aromatic amines is 2. The second-order valence-electron chi connectivity index (χ2n) is 12.4. The van der Waals surface area contributed by atoms with Crippen LogP contribution in [0, 0.1) is 0 Å². The maximum atomic E-state index is 13.2. The van der Waals surface area contributed by atoms with Crippen molar-refractivity contribution in [1.82, 2.24) is 40.4 Å². The lowest BCUT2D eigenvalue weighted by Gasteiger charge is -2.26. The Kier molecular flexibility index (Phi) is 6.38. The van der Waals surface area contributed by atoms with Crippen molar-refractivity contribution in [2.45, 2.75) is 75.5 Å². The summed E-state index contributed by atoms with van der Waals surface area (Å²) in [4.78, 5) is 70.1. The number of amides is 4. The second kappa shape index (κ2) is 10.5. The number of hydrogen-bond acceptors (Lipinski definition) is 6. The fraction of sp³-hybridized carbons (Fsp3) is 0.438. The molecular weight excluding hydrogens is 560 g/mol. The molecule has 8 rings (SSSR count). The molecule has 2 aromatic heterocycles. The van der Waals surface area contributed by atoms with E-state index in [0.29, 0.717) is 38.8 Å². The van der Waals surface area contributed by atoms with Crippen molar-refractivity contribution >= 4 is 45.7 Å². The van der Waals surface area contributed by atoms with E-state index in [1.165, 1.54) is 0 Å². The van der Waals surface area contributed by atoms with E-state index in [9.17, 15) is 19.2 Å². The molecule has 0 aliphatic carbocycles. The molecule has 226 valence electrons. The van der Waals surface area contributed by atoms with Crippen LogP contribution in [-0.2, 0) is 19.2 Å². The number of hydrogen-bond donors (Lipinski definition) is 4. The number of H-pyrrole nitrogens is 2. The van der Waals surface area contributed by atoms with Crippen molar-refractivity contribution in [2.75, 3.05) is 13.1 Å². The molecule has 0 saturated carbocycles. The topological polar surface area (TPSA) is 156 Å². The number of benzene rings is 2. The number of carbonyl (C=O) groups is 4. The number of carbonyl (C=O) groups excluding carboxylic acids is 4. The Morgan fingerprint density at radius 3 is 1.80 bits per heavy atom. The van der Waals surface area contributed by atoms with Gasteiger partial charge in [-0.25, -0.2) is 9.97 Å². The first-order valence-corrected chi connectivity index (χ1v) is 15.6. The molecule has 12 nitrogen and oxygen atoms in total. The molecule has 4 atom stereocenters. The van der Waals surface area contributed by atoms with Crippen LogP contribution in [0.15, 0.2) is 36.4 Å². The minimum Gasteiger partial charge on any atom is -0.344 e. The highest BCUT2D eigenvalue weighted by Crippen LogP contribution is 2.36. The maximum absolute atomic E-state index is 13.2. The third-order valence-electron chi connectivity index (χ3n) is 9.62. The zero-order valence-corrected chi connectivity index (χ0v) is 24.3. The Labute approximate surface area is 253 Å². The van der Waals surface area contributed by atoms with E-state index in [2.05, 4.69) is 38.8 Å². The molecule has 4 aromatic rings. The monoisotopic (exact) mass is 594 g/mol. The third-order valence-corrected chi connectivity index (χ3v) is 9.62. The number of nitrogens with one attached hydrogen (secondary N) is 4. The molecule has 44 heavy (non-hydrogen) atoms. The standard InChI is InChI=1S/C32H34N8O4/c41-27-11-9-21(33-27)31(43)39-13-1-3-25(39)29-35-19-7-5-17(15-23(19)37-29)18-6-8-20-24(16-18)38-30(36-20)26-4-2-14-40(26)32(44)22-10-12-28(42)34-22/h5-8,15-16,21-22,25-26H,1-4,9-14H2,(H,33,41)(H,34,42)(H,35,37)(H,36,38)/t21-,22?,25-,26-/m0/s1. The predicted octanol–water partition coefficient (Wildman–Crippen LogP) is 2.99. The molecule has 4 fully saturated rings. The molecule has 6 heterocycles. The van der Waals surface area contributed by atoms with Gasteiger partial charge in [0.05, 0.1) is 34.2 Å². The highest BCUT2D eigenvalue weighted by molar-refractivity contribution is 5.92. The Morgan fingerprint density at radius 1 is 0.659 bits per heavy atom. The fourth-order valence-corrected chi connectivity index (χ4v) is 7.36. The summed E-state index contributed by atoms with van der Waals surface area (Å²) in [6.45, 7) is 1.32. The van der Waals surface area contributed by atoms with Crippen LogP contribution in [0.4, 0.5) is 0 Å². The molecule has 4 saturated heterocycles. The van der Waals surface area contributed by atoms with Gasteiger partial charge in [0.15, 0.2) is 0 Å². The van der Waals surface area contributed by atoms with E-state index in [0.717, 1.165) is 70.5 Å². The number of likely N-dealkylation sites (tertiary alicyclic amines) is 2. The molecule has 12 heteroatoms. The van der Waals surface area contributed by atoms with E-state index >= 15 is 0 Å². The van der Waals surface area contributed by atoms with E-state index in [-0.39, 0.29) is 35.7 Å². The first-order chi connectivity index (χ1) is 21.4. The molecule has 4 N–H and O–H groups in total. The van der Waals surface area contributed by atoms with Crippen molar-refractivity contribution in [1.29, 1.82) is 0 Å². The molecule has 1 unspecified atom stereocenters. The molecule has 2 aromatic carbocycles. The molecule has 4 aliphatic rings. The van der Waals surface area contributed by atoms with Crippen LogP contribution < -0.4 is 10.6 Å². The molecule has 0 radical (unpaired) electrons. The highest BCUT2D eigenvalue weighted by atomic mass is 16.2. The SMILES string of the molecule is O=C1CCC(C(=O)N2CCC[C@H]2c2nc3cc(-c4ccc5nc([C@@H]6CCCN6C(=O)[C@@H]6CCC(=O)N6)[nH]c5c4)ccc3[nH]2)N1. The zero-order valence-electron chi connectivity index (χ0n) is 24.3. The average Bonchev–Trinajstić information content (AvgIpc) is 3.86. The summed E-state index contributed by atoms with van der Waals surface area (Å²) < 4.78 is 0. The van der Waals surface area contributed by atoms with Crippen molar-refractivity contribution in [3.63, 3.8) is 0 Å². The Morgan fingerprint density at radius 2 is 1.20 bits per heavy atom. The van der Waals surface area contributed by atoms with Crippen molar-refractivity contribution in [3.8, 4) is 11.1 Å². The summed E-state index contributed by atoms with van der Waals surface area (Å²) in [5.41, 5.74) is 5.50. The van der Waals surface area contributed by atoms with E-state index in [1.54, 1.807) is 0 Å². The lowest BCUT2D eigenvalue weighted by atomic mass is 10.0. The highest BCUT2D eigenvalue weighted by Gasteiger charge is 2.39. The minimum atomic E-state index is -0.441. The van der Waals surface area contributed by atoms with Crippen LogP contribution in [-0.4, -0.2) is 78.5 Å². The van der Waals surface area contributed by atoms with Crippen LogP contribution in [0.5, 0.6) is 0 Å². The summed E-state index contributed by atoms with van der Waals surface area (Å²) >= 11 is 0. The maximum Gasteiger partial charge on any atom is 0.245 e. The molecular formula is C32H34N8O4. The van der Waals surface area contributed by atoms with Crippen LogP contribution in [0.2, 0.25) is 0 Å². The molecule has 4 amide bonds. The summed E-state index contributed by atoms with van der Waals surface area (Å²) in [5.74, 6) is 1.36. The van der Waals surface area contributed by atoms with Gasteiger partial charge in [0.2, 0.25) is 23.6 Å². The van der Waals surface area contributed by atoms with Crippen molar-refractivity contribution < 1.29 is 19.2 Å². The Hall–Kier alpha value is -4.74. The number of aromatic nitrogens is 4. The summed E-state index contributed by atoms with van der Waals surface area (Å²) in [5, 5.41) is 5.61. The largest absolute Gasteiger partial charge is 0.344 e. The van der Waals surface area contributed by atoms with Crippen LogP contribution in [0.3, 0.4) is 0 Å². The van der Waals surface area contributed by atoms with Crippen LogP contribution in [0.1, 0.15) is 75.1 Å². The van der Waals surface area contributed by atoms with Gasteiger partial charge in [-0.2, -0.15) is 0 Å². The zero-order chi connectivity index (χ0) is 29.9. The number of nitrogens with zero attached hydrogens (tertiary/aromatic N) is 4. The van der Waals surface area contributed by atoms with Crippen molar-refractivity contribution in [3.05, 3.63) is 48.0 Å². The number of rotatable bonds is 5. The first-order valence-electron chi connectivity index (χ1n) is 15.6. The van der Waals surface area contributed by atoms with Crippen LogP contribution >= 0.6 is 0 Å². The Bertz CT molecular complexity index is 1700. The van der Waals surface area contributed by atoms with Gasteiger partial charge in [-0.15, -0.1) is 0 Å². The van der Waals surface area contributed by atoms with E-state index < -0.39 is 12.1 Å².